The van der Waals surface area contributed by atoms with Gasteiger partial charge in [-0.1, -0.05) is 6.92 Å². The van der Waals surface area contributed by atoms with E-state index in [1.165, 1.54) is 8.61 Å². The number of nitrogens with one attached hydrogen (secondary N) is 1. The van der Waals surface area contributed by atoms with Crippen LogP contribution in [0.1, 0.15) is 20.8 Å². The first-order chi connectivity index (χ1) is 7.75. The van der Waals surface area contributed by atoms with Crippen LogP contribution in [0.4, 0.5) is 0 Å². The normalized spacial score (nSPS) is 21.6. The first-order valence-electron chi connectivity index (χ1n) is 5.52. The van der Waals surface area contributed by atoms with Crippen LogP contribution < -0.4 is 11.3 Å². The zero-order valence-corrected chi connectivity index (χ0v) is 11.2. The maximum Gasteiger partial charge on any atom is 0.282 e. The fourth-order valence-electron chi connectivity index (χ4n) is 1.81. The van der Waals surface area contributed by atoms with Gasteiger partial charge in [-0.05, 0) is 13.8 Å². The van der Waals surface area contributed by atoms with Crippen LogP contribution in [0.25, 0.3) is 0 Å². The van der Waals surface area contributed by atoms with E-state index < -0.39 is 15.6 Å². The van der Waals surface area contributed by atoms with Gasteiger partial charge in [0.05, 0.1) is 5.41 Å². The molecule has 1 aliphatic rings. The Morgan fingerprint density at radius 2 is 1.88 bits per heavy atom. The SMILES string of the molecule is CCN1CCN(CC(C)(C)C(=O)NN)S1(=O)=O. The number of carbonyl (C=O) groups excluding carboxylic acids is 1. The van der Waals surface area contributed by atoms with Crippen LogP contribution in [0.2, 0.25) is 0 Å². The Labute approximate surface area is 102 Å². The lowest BCUT2D eigenvalue weighted by Gasteiger charge is -2.27. The molecule has 1 amide bonds. The number of carbonyl (C=O) groups is 1. The highest BCUT2D eigenvalue weighted by atomic mass is 32.2. The Kier molecular flexibility index (Phi) is 4.13. The molecule has 1 heterocycles. The van der Waals surface area contributed by atoms with Crippen molar-refractivity contribution >= 4 is 16.1 Å². The molecule has 0 unspecified atom stereocenters. The maximum atomic E-state index is 12.0. The van der Waals surface area contributed by atoms with Crippen molar-refractivity contribution in [3.63, 3.8) is 0 Å². The summed E-state index contributed by atoms with van der Waals surface area (Å²) in [5, 5.41) is 0. The largest absolute Gasteiger partial charge is 0.294 e. The molecule has 1 saturated heterocycles. The fourth-order valence-corrected chi connectivity index (χ4v) is 3.57. The molecule has 17 heavy (non-hydrogen) atoms. The minimum Gasteiger partial charge on any atom is -0.294 e. The number of rotatable bonds is 4. The number of hydrazine groups is 1. The molecule has 0 radical (unpaired) electrons. The third-order valence-corrected chi connectivity index (χ3v) is 4.98. The summed E-state index contributed by atoms with van der Waals surface area (Å²) in [7, 11) is -3.41. The van der Waals surface area contributed by atoms with E-state index in [1.807, 2.05) is 0 Å². The van der Waals surface area contributed by atoms with E-state index in [1.54, 1.807) is 20.8 Å². The van der Waals surface area contributed by atoms with E-state index in [2.05, 4.69) is 5.43 Å². The molecular weight excluding hydrogens is 244 g/mol. The smallest absolute Gasteiger partial charge is 0.282 e. The molecule has 0 bridgehead atoms. The molecule has 0 aliphatic carbocycles. The lowest BCUT2D eigenvalue weighted by molar-refractivity contribution is -0.129. The van der Waals surface area contributed by atoms with E-state index in [0.29, 0.717) is 19.6 Å². The molecule has 1 fully saturated rings. The third kappa shape index (κ3) is 2.76. The van der Waals surface area contributed by atoms with Crippen LogP contribution in [-0.4, -0.2) is 49.1 Å². The van der Waals surface area contributed by atoms with Crippen molar-refractivity contribution in [2.24, 2.45) is 11.3 Å². The molecule has 8 heteroatoms. The Balaban J connectivity index is 2.81. The number of likely N-dealkylation sites (N-methyl/N-ethyl adjacent to an activating group) is 1. The lowest BCUT2D eigenvalue weighted by atomic mass is 9.92. The Morgan fingerprint density at radius 3 is 2.29 bits per heavy atom. The number of nitrogens with two attached hydrogens (primary N) is 1. The van der Waals surface area contributed by atoms with Crippen molar-refractivity contribution < 1.29 is 13.2 Å². The second kappa shape index (κ2) is 4.89. The van der Waals surface area contributed by atoms with Gasteiger partial charge in [-0.3, -0.25) is 10.2 Å². The summed E-state index contributed by atoms with van der Waals surface area (Å²) in [6.07, 6.45) is 0. The van der Waals surface area contributed by atoms with Crippen LogP contribution in [0.3, 0.4) is 0 Å². The van der Waals surface area contributed by atoms with Gasteiger partial charge >= 0.3 is 0 Å². The van der Waals surface area contributed by atoms with Gasteiger partial charge in [0.25, 0.3) is 10.2 Å². The van der Waals surface area contributed by atoms with Crippen LogP contribution in [-0.2, 0) is 15.0 Å². The van der Waals surface area contributed by atoms with Gasteiger partial charge in [-0.15, -0.1) is 0 Å². The summed E-state index contributed by atoms with van der Waals surface area (Å²) in [6.45, 7) is 6.59. The summed E-state index contributed by atoms with van der Waals surface area (Å²) in [4.78, 5) is 11.5. The van der Waals surface area contributed by atoms with Gasteiger partial charge in [0, 0.05) is 26.2 Å². The molecule has 0 aromatic heterocycles. The van der Waals surface area contributed by atoms with Crippen molar-refractivity contribution in [2.45, 2.75) is 20.8 Å². The number of hydrogen-bond acceptors (Lipinski definition) is 4. The summed E-state index contributed by atoms with van der Waals surface area (Å²) in [5.74, 6) is 4.70. The fraction of sp³-hybridized carbons (Fsp3) is 0.889. The molecule has 0 aromatic carbocycles. The van der Waals surface area contributed by atoms with E-state index in [-0.39, 0.29) is 12.5 Å². The minimum atomic E-state index is -3.41. The molecule has 3 N–H and O–H groups in total. The molecule has 7 nitrogen and oxygen atoms in total. The van der Waals surface area contributed by atoms with Gasteiger partial charge in [-0.2, -0.15) is 17.0 Å². The second-order valence-electron chi connectivity index (χ2n) is 4.69. The van der Waals surface area contributed by atoms with Crippen LogP contribution in [0.5, 0.6) is 0 Å². The first kappa shape index (κ1) is 14.4. The molecule has 0 aromatic rings. The van der Waals surface area contributed by atoms with Gasteiger partial charge < -0.3 is 0 Å². The van der Waals surface area contributed by atoms with Gasteiger partial charge in [0.15, 0.2) is 0 Å². The van der Waals surface area contributed by atoms with E-state index in [0.717, 1.165) is 0 Å². The van der Waals surface area contributed by atoms with Crippen molar-refractivity contribution in [3.8, 4) is 0 Å². The van der Waals surface area contributed by atoms with Gasteiger partial charge in [0.1, 0.15) is 0 Å². The molecule has 0 saturated carbocycles. The predicted octanol–water partition coefficient (Wildman–Crippen LogP) is -1.12. The number of amides is 1. The highest BCUT2D eigenvalue weighted by Crippen LogP contribution is 2.23. The molecular formula is C9H20N4O3S. The van der Waals surface area contributed by atoms with E-state index >= 15 is 0 Å². The summed E-state index contributed by atoms with van der Waals surface area (Å²) in [5.41, 5.74) is 1.22. The zero-order valence-electron chi connectivity index (χ0n) is 10.4. The topological polar surface area (TPSA) is 95.7 Å². The Morgan fingerprint density at radius 1 is 1.35 bits per heavy atom. The summed E-state index contributed by atoms with van der Waals surface area (Å²) >= 11 is 0. The molecule has 100 valence electrons. The standard InChI is InChI=1S/C9H20N4O3S/c1-4-12-5-6-13(17(12,15)16)7-9(2,3)8(14)11-10/h4-7,10H2,1-3H3,(H,11,14). The van der Waals surface area contributed by atoms with Crippen molar-refractivity contribution in [3.05, 3.63) is 0 Å². The predicted molar refractivity (Wildman–Crippen MR) is 63.9 cm³/mol. The average Bonchev–Trinajstić information content (AvgIpc) is 2.52. The monoisotopic (exact) mass is 264 g/mol. The zero-order chi connectivity index (χ0) is 13.3. The van der Waals surface area contributed by atoms with Crippen LogP contribution in [0, 0.1) is 5.41 Å². The summed E-state index contributed by atoms with van der Waals surface area (Å²) in [6, 6.07) is 0. The maximum absolute atomic E-state index is 12.0. The van der Waals surface area contributed by atoms with E-state index in [4.69, 9.17) is 5.84 Å². The second-order valence-corrected chi connectivity index (χ2v) is 6.62. The van der Waals surface area contributed by atoms with Gasteiger partial charge in [-0.25, -0.2) is 5.84 Å². The molecule has 1 rings (SSSR count). The molecule has 0 atom stereocenters. The summed E-state index contributed by atoms with van der Waals surface area (Å²) < 4.78 is 26.7. The Bertz CT molecular complexity index is 393. The Hall–Kier alpha value is -0.700. The van der Waals surface area contributed by atoms with E-state index in [9.17, 15) is 13.2 Å². The van der Waals surface area contributed by atoms with Crippen molar-refractivity contribution in [2.75, 3.05) is 26.2 Å². The highest BCUT2D eigenvalue weighted by molar-refractivity contribution is 7.87. The highest BCUT2D eigenvalue weighted by Gasteiger charge is 2.40. The minimum absolute atomic E-state index is 0.134. The average molecular weight is 264 g/mol. The van der Waals surface area contributed by atoms with Gasteiger partial charge in [0.2, 0.25) is 5.91 Å². The third-order valence-electron chi connectivity index (χ3n) is 2.92. The molecule has 1 aliphatic heterocycles. The number of nitrogens with zero attached hydrogens (tertiary/aromatic N) is 2. The van der Waals surface area contributed by atoms with Crippen molar-refractivity contribution in [1.82, 2.24) is 14.0 Å². The van der Waals surface area contributed by atoms with Crippen LogP contribution >= 0.6 is 0 Å². The lowest BCUT2D eigenvalue weighted by Crippen LogP contribution is -2.48. The van der Waals surface area contributed by atoms with Crippen molar-refractivity contribution in [1.29, 1.82) is 0 Å². The number of hydrogen-bond donors (Lipinski definition) is 2. The molecule has 0 spiro atoms. The van der Waals surface area contributed by atoms with Crippen LogP contribution in [0.15, 0.2) is 0 Å². The first-order valence-corrected chi connectivity index (χ1v) is 6.91. The quantitative estimate of drug-likeness (QED) is 0.382.